The number of carbonyl (C=O) groups is 1. The summed E-state index contributed by atoms with van der Waals surface area (Å²) in [6, 6.07) is 1.98. The Kier molecular flexibility index (Phi) is 6.00. The van der Waals surface area contributed by atoms with E-state index in [0.717, 1.165) is 30.7 Å². The fourth-order valence-electron chi connectivity index (χ4n) is 1.59. The lowest BCUT2D eigenvalue weighted by molar-refractivity contribution is 0.0797. The summed E-state index contributed by atoms with van der Waals surface area (Å²) in [6.07, 6.45) is 3.14. The summed E-state index contributed by atoms with van der Waals surface area (Å²) < 4.78 is 0. The van der Waals surface area contributed by atoms with E-state index in [1.165, 1.54) is 10.4 Å². The average Bonchev–Trinajstić information content (AvgIpc) is 2.64. The summed E-state index contributed by atoms with van der Waals surface area (Å²) in [5.41, 5.74) is 1.20. The van der Waals surface area contributed by atoms with Crippen molar-refractivity contribution in [3.63, 3.8) is 0 Å². The molecule has 2 nitrogen and oxygen atoms in total. The van der Waals surface area contributed by atoms with E-state index in [1.807, 2.05) is 20.0 Å². The summed E-state index contributed by atoms with van der Waals surface area (Å²) >= 11 is 7.20. The van der Waals surface area contributed by atoms with Gasteiger partial charge >= 0.3 is 0 Å². The minimum absolute atomic E-state index is 0.136. The van der Waals surface area contributed by atoms with Gasteiger partial charge in [-0.25, -0.2) is 0 Å². The quantitative estimate of drug-likeness (QED) is 0.570. The minimum atomic E-state index is 0.136. The monoisotopic (exact) mass is 273 g/mol. The second-order valence-corrected chi connectivity index (χ2v) is 5.96. The van der Waals surface area contributed by atoms with Crippen molar-refractivity contribution in [2.24, 2.45) is 0 Å². The van der Waals surface area contributed by atoms with Gasteiger partial charge in [-0.05, 0) is 38.3 Å². The van der Waals surface area contributed by atoms with Crippen LogP contribution in [0.2, 0.25) is 0 Å². The first kappa shape index (κ1) is 14.5. The number of carbonyl (C=O) groups excluding carboxylic acids is 1. The van der Waals surface area contributed by atoms with Gasteiger partial charge in [0.2, 0.25) is 0 Å². The van der Waals surface area contributed by atoms with Gasteiger partial charge in [0.05, 0.1) is 4.88 Å². The van der Waals surface area contributed by atoms with Gasteiger partial charge in [0.25, 0.3) is 5.91 Å². The molecule has 0 aliphatic heterocycles. The summed E-state index contributed by atoms with van der Waals surface area (Å²) in [4.78, 5) is 16.0. The third-order valence-electron chi connectivity index (χ3n) is 2.85. The van der Waals surface area contributed by atoms with E-state index in [4.69, 9.17) is 11.6 Å². The molecule has 1 heterocycles. The third kappa shape index (κ3) is 4.32. The number of thiophene rings is 1. The van der Waals surface area contributed by atoms with E-state index in [9.17, 15) is 4.79 Å². The summed E-state index contributed by atoms with van der Waals surface area (Å²) in [5, 5.41) is 0. The van der Waals surface area contributed by atoms with Crippen molar-refractivity contribution in [2.75, 3.05) is 19.5 Å². The molecule has 0 bridgehead atoms. The van der Waals surface area contributed by atoms with Crippen LogP contribution in [-0.4, -0.2) is 30.3 Å². The first-order valence-corrected chi connectivity index (χ1v) is 7.30. The maximum atomic E-state index is 12.1. The average molecular weight is 274 g/mol. The Hall–Kier alpha value is -0.540. The molecule has 0 aromatic carbocycles. The molecule has 17 heavy (non-hydrogen) atoms. The molecule has 0 atom stereocenters. The van der Waals surface area contributed by atoms with Crippen molar-refractivity contribution in [1.82, 2.24) is 4.90 Å². The highest BCUT2D eigenvalue weighted by molar-refractivity contribution is 7.14. The van der Waals surface area contributed by atoms with Gasteiger partial charge < -0.3 is 4.90 Å². The molecule has 0 saturated heterocycles. The van der Waals surface area contributed by atoms with Gasteiger partial charge in [-0.3, -0.25) is 4.79 Å². The zero-order chi connectivity index (χ0) is 12.8. The summed E-state index contributed by atoms with van der Waals surface area (Å²) in [5.74, 6) is 0.845. The topological polar surface area (TPSA) is 20.3 Å². The Bertz CT molecular complexity index is 356. The zero-order valence-electron chi connectivity index (χ0n) is 10.8. The van der Waals surface area contributed by atoms with Crippen molar-refractivity contribution in [3.05, 3.63) is 21.4 Å². The zero-order valence-corrected chi connectivity index (χ0v) is 12.3. The molecule has 1 rings (SSSR count). The van der Waals surface area contributed by atoms with E-state index < -0.39 is 0 Å². The number of aryl methyl sites for hydroxylation is 2. The van der Waals surface area contributed by atoms with E-state index >= 15 is 0 Å². The van der Waals surface area contributed by atoms with Crippen LogP contribution in [0.15, 0.2) is 6.07 Å². The van der Waals surface area contributed by atoms with Crippen LogP contribution in [0.1, 0.15) is 39.4 Å². The molecule has 0 unspecified atom stereocenters. The molecule has 0 N–H and O–H groups in total. The van der Waals surface area contributed by atoms with E-state index in [2.05, 4.69) is 6.92 Å². The number of rotatable bonds is 6. The maximum absolute atomic E-state index is 12.1. The number of halogens is 1. The Morgan fingerprint density at radius 2 is 2.06 bits per heavy atom. The molecule has 0 saturated carbocycles. The lowest BCUT2D eigenvalue weighted by atomic mass is 10.2. The molecule has 4 heteroatoms. The molecule has 1 aromatic heterocycles. The van der Waals surface area contributed by atoms with Crippen molar-refractivity contribution in [1.29, 1.82) is 0 Å². The molecule has 0 aliphatic carbocycles. The highest BCUT2D eigenvalue weighted by Gasteiger charge is 2.14. The second kappa shape index (κ2) is 7.02. The minimum Gasteiger partial charge on any atom is -0.341 e. The van der Waals surface area contributed by atoms with Crippen molar-refractivity contribution >= 4 is 28.8 Å². The lowest BCUT2D eigenvalue weighted by Gasteiger charge is -2.15. The van der Waals surface area contributed by atoms with E-state index in [0.29, 0.717) is 5.88 Å². The normalized spacial score (nSPS) is 10.6. The molecule has 0 aliphatic rings. The van der Waals surface area contributed by atoms with Gasteiger partial charge in [-0.1, -0.05) is 6.42 Å². The van der Waals surface area contributed by atoms with Crippen molar-refractivity contribution < 1.29 is 4.79 Å². The van der Waals surface area contributed by atoms with Gasteiger partial charge in [-0.15, -0.1) is 22.9 Å². The van der Waals surface area contributed by atoms with Crippen LogP contribution in [0.3, 0.4) is 0 Å². The number of amides is 1. The molecule has 0 radical (unpaired) electrons. The predicted octanol–water partition coefficient (Wildman–Crippen LogP) is 3.85. The van der Waals surface area contributed by atoms with Crippen LogP contribution in [0.25, 0.3) is 0 Å². The molecule has 1 aromatic rings. The number of hydrogen-bond acceptors (Lipinski definition) is 2. The van der Waals surface area contributed by atoms with Crippen molar-refractivity contribution in [2.45, 2.75) is 33.1 Å². The van der Waals surface area contributed by atoms with E-state index in [1.54, 1.807) is 16.2 Å². The number of unbranched alkanes of at least 4 members (excludes halogenated alkanes) is 2. The van der Waals surface area contributed by atoms with Crippen LogP contribution in [-0.2, 0) is 0 Å². The standard InChI is InChI=1S/C13H20ClNOS/c1-10-9-12(17-11(10)2)13(16)15(3)8-6-4-5-7-14/h9H,4-8H2,1-3H3. The molecule has 0 fully saturated rings. The SMILES string of the molecule is Cc1cc(C(=O)N(C)CCCCCCl)sc1C. The molecule has 96 valence electrons. The van der Waals surface area contributed by atoms with Gasteiger partial charge in [-0.2, -0.15) is 0 Å². The van der Waals surface area contributed by atoms with Crippen LogP contribution in [0, 0.1) is 13.8 Å². The van der Waals surface area contributed by atoms with Crippen molar-refractivity contribution in [3.8, 4) is 0 Å². The third-order valence-corrected chi connectivity index (χ3v) is 4.26. The number of hydrogen-bond donors (Lipinski definition) is 0. The Labute approximate surface area is 113 Å². The van der Waals surface area contributed by atoms with Crippen LogP contribution in [0.4, 0.5) is 0 Å². The number of alkyl halides is 1. The number of nitrogens with zero attached hydrogens (tertiary/aromatic N) is 1. The molecular formula is C13H20ClNOS. The van der Waals surface area contributed by atoms with Gasteiger partial charge in [0, 0.05) is 24.3 Å². The van der Waals surface area contributed by atoms with Crippen LogP contribution in [0.5, 0.6) is 0 Å². The van der Waals surface area contributed by atoms with Gasteiger partial charge in [0.1, 0.15) is 0 Å². The van der Waals surface area contributed by atoms with Crippen LogP contribution >= 0.6 is 22.9 Å². The summed E-state index contributed by atoms with van der Waals surface area (Å²) in [6.45, 7) is 4.91. The second-order valence-electron chi connectivity index (χ2n) is 4.33. The first-order chi connectivity index (χ1) is 8.06. The fraction of sp³-hybridized carbons (Fsp3) is 0.615. The predicted molar refractivity (Wildman–Crippen MR) is 75.3 cm³/mol. The fourth-order valence-corrected chi connectivity index (χ4v) is 2.81. The molecule has 1 amide bonds. The molecular weight excluding hydrogens is 254 g/mol. The first-order valence-electron chi connectivity index (χ1n) is 5.94. The maximum Gasteiger partial charge on any atom is 0.263 e. The van der Waals surface area contributed by atoms with Crippen LogP contribution < -0.4 is 0 Å². The van der Waals surface area contributed by atoms with Gasteiger partial charge in [0.15, 0.2) is 0 Å². The Morgan fingerprint density at radius 3 is 2.59 bits per heavy atom. The Balaban J connectivity index is 2.46. The highest BCUT2D eigenvalue weighted by Crippen LogP contribution is 2.21. The largest absolute Gasteiger partial charge is 0.341 e. The highest BCUT2D eigenvalue weighted by atomic mass is 35.5. The molecule has 0 spiro atoms. The lowest BCUT2D eigenvalue weighted by Crippen LogP contribution is -2.27. The smallest absolute Gasteiger partial charge is 0.263 e. The summed E-state index contributed by atoms with van der Waals surface area (Å²) in [7, 11) is 1.87. The van der Waals surface area contributed by atoms with E-state index in [-0.39, 0.29) is 5.91 Å². The Morgan fingerprint density at radius 1 is 1.35 bits per heavy atom.